The first kappa shape index (κ1) is 24.1. The van der Waals surface area contributed by atoms with E-state index in [1.165, 1.54) is 44.1 Å². The van der Waals surface area contributed by atoms with Gasteiger partial charge in [-0.25, -0.2) is 0 Å². The Kier molecular flexibility index (Phi) is 6.74. The van der Waals surface area contributed by atoms with Gasteiger partial charge in [-0.05, 0) is 84.9 Å². The molecule has 0 amide bonds. The van der Waals surface area contributed by atoms with Crippen LogP contribution in [0, 0.1) is 46.3 Å². The number of rotatable bonds is 6. The van der Waals surface area contributed by atoms with Crippen LogP contribution in [-0.2, 0) is 9.53 Å². The molecule has 32 heavy (non-hydrogen) atoms. The Morgan fingerprint density at radius 3 is 2.44 bits per heavy atom. The van der Waals surface area contributed by atoms with Crippen molar-refractivity contribution in [1.82, 2.24) is 0 Å². The summed E-state index contributed by atoms with van der Waals surface area (Å²) in [6.07, 6.45) is 16.5. The summed E-state index contributed by atoms with van der Waals surface area (Å²) in [5.41, 5.74) is 4.08. The topological polar surface area (TPSA) is 26.3 Å². The van der Waals surface area contributed by atoms with Gasteiger partial charge in [-0.15, -0.1) is 0 Å². The molecule has 180 valence electrons. The van der Waals surface area contributed by atoms with Crippen molar-refractivity contribution in [2.24, 2.45) is 46.3 Å². The smallest absolute Gasteiger partial charge is 0.302 e. The summed E-state index contributed by atoms with van der Waals surface area (Å²) in [5, 5.41) is 0. The van der Waals surface area contributed by atoms with E-state index in [0.717, 1.165) is 48.9 Å². The van der Waals surface area contributed by atoms with Gasteiger partial charge in [0.25, 0.3) is 0 Å². The molecule has 4 aliphatic rings. The zero-order valence-corrected chi connectivity index (χ0v) is 21.9. The van der Waals surface area contributed by atoms with E-state index in [0.29, 0.717) is 11.3 Å². The maximum absolute atomic E-state index is 11.5. The number of carbonyl (C=O) groups excluding carboxylic acids is 1. The Labute approximate surface area is 197 Å². The maximum atomic E-state index is 11.5. The Bertz CT molecular complexity index is 776. The van der Waals surface area contributed by atoms with Gasteiger partial charge in [-0.2, -0.15) is 0 Å². The van der Waals surface area contributed by atoms with E-state index in [4.69, 9.17) is 4.74 Å². The molecule has 0 N–H and O–H groups in total. The highest BCUT2D eigenvalue weighted by Gasteiger charge is 2.57. The van der Waals surface area contributed by atoms with Gasteiger partial charge in [0.1, 0.15) is 6.10 Å². The highest BCUT2D eigenvalue weighted by Crippen LogP contribution is 2.66. The van der Waals surface area contributed by atoms with Gasteiger partial charge in [0.2, 0.25) is 0 Å². The molecule has 0 radical (unpaired) electrons. The molecule has 4 rings (SSSR count). The van der Waals surface area contributed by atoms with E-state index in [1.807, 2.05) is 0 Å². The van der Waals surface area contributed by atoms with Gasteiger partial charge in [0.05, 0.1) is 0 Å². The van der Waals surface area contributed by atoms with Crippen molar-refractivity contribution >= 4 is 5.97 Å². The molecular weight excluding hydrogens is 392 g/mol. The van der Waals surface area contributed by atoms with Gasteiger partial charge in [-0.1, -0.05) is 77.7 Å². The summed E-state index contributed by atoms with van der Waals surface area (Å²) in [7, 11) is 0. The van der Waals surface area contributed by atoms with Crippen molar-refractivity contribution in [2.45, 2.75) is 112 Å². The van der Waals surface area contributed by atoms with Crippen molar-refractivity contribution in [2.75, 3.05) is 0 Å². The fraction of sp³-hybridized carbons (Fsp3) is 0.833. The van der Waals surface area contributed by atoms with E-state index in [1.54, 1.807) is 12.5 Å². The number of carbonyl (C=O) groups is 1. The molecule has 0 bridgehead atoms. The number of allylic oxidation sites excluding steroid dienone is 3. The Balaban J connectivity index is 1.50. The third kappa shape index (κ3) is 4.14. The molecule has 0 heterocycles. The Hall–Kier alpha value is -1.05. The van der Waals surface area contributed by atoms with E-state index >= 15 is 0 Å². The van der Waals surface area contributed by atoms with Gasteiger partial charge < -0.3 is 4.74 Å². The van der Waals surface area contributed by atoms with Gasteiger partial charge >= 0.3 is 5.97 Å². The van der Waals surface area contributed by atoms with Crippen molar-refractivity contribution in [3.63, 3.8) is 0 Å². The van der Waals surface area contributed by atoms with Crippen molar-refractivity contribution in [3.05, 3.63) is 23.3 Å². The second-order valence-corrected chi connectivity index (χ2v) is 12.9. The molecule has 4 aliphatic carbocycles. The lowest BCUT2D eigenvalue weighted by Gasteiger charge is -2.55. The summed E-state index contributed by atoms with van der Waals surface area (Å²) in [6, 6.07) is 0. The summed E-state index contributed by atoms with van der Waals surface area (Å²) < 4.78 is 5.60. The zero-order valence-electron chi connectivity index (χ0n) is 21.9. The standard InChI is InChI=1S/C30H48O2/c1-19(2)20(3)8-9-21(4)26-12-13-27-25-11-10-23-18-24(32-22(5)31)14-16-29(23,6)28(25)15-17-30(26,27)7/h10-11,19-21,24,26-28H,8-9,12-18H2,1-7H3/t20-,21+,24-,26+,27-,28-,29-,30+/m0/s1. The first-order valence-corrected chi connectivity index (χ1v) is 13.6. The second-order valence-electron chi connectivity index (χ2n) is 12.9. The van der Waals surface area contributed by atoms with Crippen LogP contribution in [0.4, 0.5) is 0 Å². The minimum absolute atomic E-state index is 0.0839. The van der Waals surface area contributed by atoms with Crippen LogP contribution in [-0.4, -0.2) is 12.1 Å². The zero-order chi connectivity index (χ0) is 23.3. The lowest BCUT2D eigenvalue weighted by molar-refractivity contribution is -0.148. The average Bonchev–Trinajstić information content (AvgIpc) is 3.08. The third-order valence-corrected chi connectivity index (χ3v) is 10.8. The summed E-state index contributed by atoms with van der Waals surface area (Å²) in [5.74, 6) is 4.71. The summed E-state index contributed by atoms with van der Waals surface area (Å²) in [6.45, 7) is 16.5. The van der Waals surface area contributed by atoms with Crippen LogP contribution < -0.4 is 0 Å². The molecule has 2 nitrogen and oxygen atoms in total. The van der Waals surface area contributed by atoms with Crippen LogP contribution >= 0.6 is 0 Å². The highest BCUT2D eigenvalue weighted by molar-refractivity contribution is 5.66. The monoisotopic (exact) mass is 440 g/mol. The lowest BCUT2D eigenvalue weighted by atomic mass is 9.50. The van der Waals surface area contributed by atoms with E-state index < -0.39 is 0 Å². The fourth-order valence-electron chi connectivity index (χ4n) is 8.34. The molecule has 8 atom stereocenters. The van der Waals surface area contributed by atoms with Gasteiger partial charge in [-0.3, -0.25) is 4.79 Å². The molecule has 2 heteroatoms. The SMILES string of the molecule is CC(=O)O[C@H]1CC[C@@]2(C)C(=CC=C3[C@@H]4CC[C@H]([C@H](C)CC[C@H](C)C(C)C)[C@@]4(C)CC[C@@H]32)C1. The minimum atomic E-state index is -0.131. The van der Waals surface area contributed by atoms with Crippen LogP contribution in [0.2, 0.25) is 0 Å². The summed E-state index contributed by atoms with van der Waals surface area (Å²) >= 11 is 0. The predicted molar refractivity (Wildman–Crippen MR) is 133 cm³/mol. The molecule has 0 unspecified atom stereocenters. The number of fused-ring (bicyclic) bond motifs is 5. The number of hydrogen-bond acceptors (Lipinski definition) is 2. The fourth-order valence-corrected chi connectivity index (χ4v) is 8.34. The molecule has 0 aromatic rings. The molecule has 0 saturated heterocycles. The van der Waals surface area contributed by atoms with Crippen molar-refractivity contribution in [1.29, 1.82) is 0 Å². The van der Waals surface area contributed by atoms with Gasteiger partial charge in [0, 0.05) is 13.3 Å². The molecule has 0 aromatic carbocycles. The molecule has 3 saturated carbocycles. The quantitative estimate of drug-likeness (QED) is 0.390. The Morgan fingerprint density at radius 2 is 1.75 bits per heavy atom. The average molecular weight is 441 g/mol. The predicted octanol–water partition coefficient (Wildman–Crippen LogP) is 8.13. The van der Waals surface area contributed by atoms with E-state index in [9.17, 15) is 4.79 Å². The maximum Gasteiger partial charge on any atom is 0.302 e. The first-order chi connectivity index (χ1) is 15.1. The van der Waals surface area contributed by atoms with E-state index in [-0.39, 0.29) is 17.5 Å². The third-order valence-electron chi connectivity index (χ3n) is 10.8. The van der Waals surface area contributed by atoms with Crippen LogP contribution in [0.1, 0.15) is 106 Å². The Morgan fingerprint density at radius 1 is 1.00 bits per heavy atom. The first-order valence-electron chi connectivity index (χ1n) is 13.6. The van der Waals surface area contributed by atoms with Crippen molar-refractivity contribution in [3.8, 4) is 0 Å². The molecule has 0 aliphatic heterocycles. The van der Waals surface area contributed by atoms with Crippen LogP contribution in [0.25, 0.3) is 0 Å². The van der Waals surface area contributed by atoms with Crippen LogP contribution in [0.3, 0.4) is 0 Å². The summed E-state index contributed by atoms with van der Waals surface area (Å²) in [4.78, 5) is 11.5. The molecule has 0 aromatic heterocycles. The normalized spacial score (nSPS) is 40.5. The van der Waals surface area contributed by atoms with Crippen LogP contribution in [0.15, 0.2) is 23.3 Å². The van der Waals surface area contributed by atoms with Crippen LogP contribution in [0.5, 0.6) is 0 Å². The largest absolute Gasteiger partial charge is 0.462 e. The van der Waals surface area contributed by atoms with E-state index in [2.05, 4.69) is 53.7 Å². The minimum Gasteiger partial charge on any atom is -0.462 e. The number of hydrogen-bond donors (Lipinski definition) is 0. The van der Waals surface area contributed by atoms with Gasteiger partial charge in [0.15, 0.2) is 0 Å². The second kappa shape index (κ2) is 8.95. The molecule has 0 spiro atoms. The number of esters is 1. The molecule has 3 fully saturated rings. The van der Waals surface area contributed by atoms with Crippen molar-refractivity contribution < 1.29 is 9.53 Å². The number of ether oxygens (including phenoxy) is 1. The lowest BCUT2D eigenvalue weighted by Crippen LogP contribution is -2.46. The molecular formula is C30H48O2. The highest BCUT2D eigenvalue weighted by atomic mass is 16.5.